The van der Waals surface area contributed by atoms with Crippen LogP contribution in [0, 0.1) is 5.92 Å². The Kier molecular flexibility index (Phi) is 10.7. The van der Waals surface area contributed by atoms with Gasteiger partial charge in [-0.25, -0.2) is 4.79 Å². The fourth-order valence-electron chi connectivity index (χ4n) is 3.56. The molecule has 1 rings (SSSR count). The molecule has 0 saturated carbocycles. The highest BCUT2D eigenvalue weighted by atomic mass is 16.4. The normalized spacial score (nSPS) is 18.3. The molecule has 0 aromatic heterocycles. The molecule has 0 aliphatic carbocycles. The molecule has 0 radical (unpaired) electrons. The Hall–Kier alpha value is -3.22. The smallest absolute Gasteiger partial charge is 0.326 e. The van der Waals surface area contributed by atoms with Crippen molar-refractivity contribution in [2.45, 2.75) is 76.5 Å². The van der Waals surface area contributed by atoms with Gasteiger partial charge in [0, 0.05) is 13.0 Å². The molecule has 0 bridgehead atoms. The Bertz CT molecular complexity index is 771. The molecule has 0 aromatic carbocycles. The van der Waals surface area contributed by atoms with Crippen LogP contribution in [-0.2, 0) is 28.8 Å². The predicted molar refractivity (Wildman–Crippen MR) is 113 cm³/mol. The summed E-state index contributed by atoms with van der Waals surface area (Å²) < 4.78 is 0. The molecule has 3 amide bonds. The van der Waals surface area contributed by atoms with E-state index in [-0.39, 0.29) is 25.3 Å². The van der Waals surface area contributed by atoms with Gasteiger partial charge in [-0.15, -0.1) is 0 Å². The second-order valence-corrected chi connectivity index (χ2v) is 8.42. The zero-order valence-electron chi connectivity index (χ0n) is 18.7. The van der Waals surface area contributed by atoms with E-state index in [1.54, 1.807) is 0 Å². The van der Waals surface area contributed by atoms with Crippen molar-refractivity contribution in [1.29, 1.82) is 0 Å². The molecular formula is C20H32N4O9. The van der Waals surface area contributed by atoms with Crippen LogP contribution in [-0.4, -0.2) is 86.6 Å². The topological polar surface area (TPSA) is 216 Å². The SMILES string of the molecule is CC(C)CC(N)C(=O)NC(CC(=O)O)C(=O)NC(CCC(=O)O)C(=O)N1CCCC1C(=O)O. The third-order valence-corrected chi connectivity index (χ3v) is 5.16. The van der Waals surface area contributed by atoms with Gasteiger partial charge in [0.15, 0.2) is 0 Å². The zero-order valence-corrected chi connectivity index (χ0v) is 18.7. The molecule has 186 valence electrons. The number of amides is 3. The molecule has 33 heavy (non-hydrogen) atoms. The van der Waals surface area contributed by atoms with E-state index >= 15 is 0 Å². The highest BCUT2D eigenvalue weighted by molar-refractivity contribution is 5.96. The molecule has 7 N–H and O–H groups in total. The number of hydrogen-bond donors (Lipinski definition) is 6. The van der Waals surface area contributed by atoms with Crippen LogP contribution in [0.15, 0.2) is 0 Å². The van der Waals surface area contributed by atoms with Crippen LogP contribution in [0.4, 0.5) is 0 Å². The van der Waals surface area contributed by atoms with Gasteiger partial charge in [-0.05, 0) is 31.6 Å². The van der Waals surface area contributed by atoms with Gasteiger partial charge in [-0.2, -0.15) is 0 Å². The van der Waals surface area contributed by atoms with Crippen molar-refractivity contribution in [3.63, 3.8) is 0 Å². The highest BCUT2D eigenvalue weighted by Gasteiger charge is 2.38. The molecule has 1 aliphatic heterocycles. The summed E-state index contributed by atoms with van der Waals surface area (Å²) in [5.74, 6) is -6.34. The number of carbonyl (C=O) groups excluding carboxylic acids is 3. The third kappa shape index (κ3) is 9.04. The second kappa shape index (κ2) is 12.7. The summed E-state index contributed by atoms with van der Waals surface area (Å²) in [6.45, 7) is 3.78. The molecule has 0 spiro atoms. The van der Waals surface area contributed by atoms with Gasteiger partial charge in [0.25, 0.3) is 0 Å². The molecule has 1 aliphatic rings. The largest absolute Gasteiger partial charge is 0.481 e. The maximum atomic E-state index is 12.9. The summed E-state index contributed by atoms with van der Waals surface area (Å²) in [6.07, 6.45) is -0.716. The fourth-order valence-corrected chi connectivity index (χ4v) is 3.56. The van der Waals surface area contributed by atoms with Crippen molar-refractivity contribution in [1.82, 2.24) is 15.5 Å². The molecule has 1 saturated heterocycles. The number of nitrogens with zero attached hydrogens (tertiary/aromatic N) is 1. The van der Waals surface area contributed by atoms with Crippen LogP contribution in [0.5, 0.6) is 0 Å². The van der Waals surface area contributed by atoms with Crippen molar-refractivity contribution in [2.75, 3.05) is 6.54 Å². The lowest BCUT2D eigenvalue weighted by Gasteiger charge is -2.28. The summed E-state index contributed by atoms with van der Waals surface area (Å²) in [4.78, 5) is 72.7. The Balaban J connectivity index is 3.02. The van der Waals surface area contributed by atoms with Crippen molar-refractivity contribution in [2.24, 2.45) is 11.7 Å². The van der Waals surface area contributed by atoms with Crippen molar-refractivity contribution in [3.8, 4) is 0 Å². The van der Waals surface area contributed by atoms with Crippen LogP contribution in [0.25, 0.3) is 0 Å². The van der Waals surface area contributed by atoms with Gasteiger partial charge in [-0.1, -0.05) is 13.8 Å². The number of nitrogens with two attached hydrogens (primary N) is 1. The first kappa shape index (κ1) is 27.8. The summed E-state index contributed by atoms with van der Waals surface area (Å²) in [5.41, 5.74) is 5.78. The number of likely N-dealkylation sites (tertiary alicyclic amines) is 1. The Morgan fingerprint density at radius 3 is 2.09 bits per heavy atom. The van der Waals surface area contributed by atoms with Gasteiger partial charge < -0.3 is 36.6 Å². The highest BCUT2D eigenvalue weighted by Crippen LogP contribution is 2.19. The first-order chi connectivity index (χ1) is 15.3. The third-order valence-electron chi connectivity index (χ3n) is 5.16. The molecule has 0 aromatic rings. The average molecular weight is 472 g/mol. The quantitative estimate of drug-likeness (QED) is 0.187. The van der Waals surface area contributed by atoms with Crippen molar-refractivity contribution in [3.05, 3.63) is 0 Å². The first-order valence-corrected chi connectivity index (χ1v) is 10.7. The molecule has 1 heterocycles. The van der Waals surface area contributed by atoms with Gasteiger partial charge in [0.05, 0.1) is 12.5 Å². The molecule has 13 nitrogen and oxygen atoms in total. The standard InChI is InChI=1S/C20H32N4O9/c1-10(2)8-11(21)17(29)23-13(9-16(27)28)18(30)22-12(5-6-15(25)26)19(31)24-7-3-4-14(24)20(32)33/h10-14H,3-9,21H2,1-2H3,(H,22,30)(H,23,29)(H,25,26)(H,27,28)(H,32,33). The number of carboxylic acid groups (broad SMARTS) is 3. The van der Waals surface area contributed by atoms with Crippen LogP contribution >= 0.6 is 0 Å². The number of hydrogen-bond acceptors (Lipinski definition) is 7. The lowest BCUT2D eigenvalue weighted by Crippen LogP contribution is -2.57. The zero-order chi connectivity index (χ0) is 25.3. The van der Waals surface area contributed by atoms with E-state index in [0.717, 1.165) is 4.90 Å². The van der Waals surface area contributed by atoms with Crippen molar-refractivity contribution < 1.29 is 44.1 Å². The van der Waals surface area contributed by atoms with E-state index in [9.17, 15) is 33.9 Å². The van der Waals surface area contributed by atoms with Crippen LogP contribution in [0.1, 0.15) is 52.4 Å². The summed E-state index contributed by atoms with van der Waals surface area (Å²) in [5, 5.41) is 32.0. The van der Waals surface area contributed by atoms with Gasteiger partial charge >= 0.3 is 17.9 Å². The molecule has 13 heteroatoms. The van der Waals surface area contributed by atoms with Crippen LogP contribution in [0.3, 0.4) is 0 Å². The molecule has 4 atom stereocenters. The first-order valence-electron chi connectivity index (χ1n) is 10.7. The number of carboxylic acids is 3. The Morgan fingerprint density at radius 1 is 0.970 bits per heavy atom. The maximum absolute atomic E-state index is 12.9. The number of nitrogens with one attached hydrogen (secondary N) is 2. The fraction of sp³-hybridized carbons (Fsp3) is 0.700. The predicted octanol–water partition coefficient (Wildman–Crippen LogP) is -1.26. The van der Waals surface area contributed by atoms with Gasteiger partial charge in [-0.3, -0.25) is 24.0 Å². The van der Waals surface area contributed by atoms with E-state index < -0.39 is 72.6 Å². The van der Waals surface area contributed by atoms with E-state index in [2.05, 4.69) is 10.6 Å². The van der Waals surface area contributed by atoms with E-state index in [4.69, 9.17) is 15.9 Å². The second-order valence-electron chi connectivity index (χ2n) is 8.42. The molecule has 1 fully saturated rings. The maximum Gasteiger partial charge on any atom is 0.326 e. The molecule has 4 unspecified atom stereocenters. The lowest BCUT2D eigenvalue weighted by molar-refractivity contribution is -0.150. The molecular weight excluding hydrogens is 440 g/mol. The van der Waals surface area contributed by atoms with Crippen molar-refractivity contribution >= 4 is 35.6 Å². The minimum Gasteiger partial charge on any atom is -0.481 e. The average Bonchev–Trinajstić information content (AvgIpc) is 3.19. The summed E-state index contributed by atoms with van der Waals surface area (Å²) >= 11 is 0. The van der Waals surface area contributed by atoms with Crippen LogP contribution < -0.4 is 16.4 Å². The van der Waals surface area contributed by atoms with Crippen LogP contribution in [0.2, 0.25) is 0 Å². The summed E-state index contributed by atoms with van der Waals surface area (Å²) in [7, 11) is 0. The van der Waals surface area contributed by atoms with E-state index in [0.29, 0.717) is 12.8 Å². The lowest BCUT2D eigenvalue weighted by atomic mass is 10.0. The number of rotatable bonds is 13. The monoisotopic (exact) mass is 472 g/mol. The van der Waals surface area contributed by atoms with E-state index in [1.165, 1.54) is 0 Å². The number of aliphatic carboxylic acids is 3. The summed E-state index contributed by atoms with van der Waals surface area (Å²) in [6, 6.07) is -5.07. The van der Waals surface area contributed by atoms with Gasteiger partial charge in [0.2, 0.25) is 17.7 Å². The number of carbonyl (C=O) groups is 6. The Morgan fingerprint density at radius 2 is 1.58 bits per heavy atom. The van der Waals surface area contributed by atoms with Gasteiger partial charge in [0.1, 0.15) is 18.1 Å². The minimum atomic E-state index is -1.57. The van der Waals surface area contributed by atoms with E-state index in [1.807, 2.05) is 13.8 Å². The Labute approximate surface area is 190 Å². The minimum absolute atomic E-state index is 0.0677.